The molecule has 2 aliphatic heterocycles. The van der Waals surface area contributed by atoms with Gasteiger partial charge in [-0.3, -0.25) is 5.43 Å². The topological polar surface area (TPSA) is 39.7 Å². The Hall–Kier alpha value is -0.980. The third kappa shape index (κ3) is 2.09. The van der Waals surface area contributed by atoms with Gasteiger partial charge in [-0.05, 0) is 0 Å². The first-order chi connectivity index (χ1) is 6.54. The Morgan fingerprint density at radius 1 is 1.50 bits per heavy atom. The smallest absolute Gasteiger partial charge is 0.337 e. The lowest BCUT2D eigenvalue weighted by Crippen LogP contribution is -2.58. The molecule has 1 saturated heterocycles. The molecule has 2 atom stereocenters. The monoisotopic (exact) mass is 208 g/mol. The number of alkyl halides is 3. The number of hydrogen-bond donors (Lipinski definition) is 2. The van der Waals surface area contributed by atoms with Crippen LogP contribution in [0.3, 0.4) is 0 Å². The van der Waals surface area contributed by atoms with Gasteiger partial charge < -0.3 is 10.2 Å². The molecule has 0 aromatic rings. The van der Waals surface area contributed by atoms with E-state index in [1.165, 1.54) is 0 Å². The number of rotatable bonds is 1. The highest BCUT2D eigenvalue weighted by Crippen LogP contribution is 2.23. The van der Waals surface area contributed by atoms with Crippen molar-refractivity contribution in [2.45, 2.75) is 24.8 Å². The van der Waals surface area contributed by atoms with Crippen LogP contribution in [-0.2, 0) is 0 Å². The molecule has 0 aromatic heterocycles. The van der Waals surface area contributed by atoms with Gasteiger partial charge >= 0.3 is 6.18 Å². The van der Waals surface area contributed by atoms with Gasteiger partial charge in [0, 0.05) is 19.1 Å². The molecular weight excluding hydrogens is 197 g/mol. The molecular formula is C7H11F3N4. The predicted molar refractivity (Wildman–Crippen MR) is 44.6 cm³/mol. The van der Waals surface area contributed by atoms with Crippen LogP contribution in [0.2, 0.25) is 0 Å². The van der Waals surface area contributed by atoms with Crippen LogP contribution in [0.25, 0.3) is 0 Å². The van der Waals surface area contributed by atoms with Crippen molar-refractivity contribution in [3.8, 4) is 0 Å². The van der Waals surface area contributed by atoms with Gasteiger partial charge in [-0.2, -0.15) is 18.3 Å². The zero-order valence-corrected chi connectivity index (χ0v) is 7.38. The van der Waals surface area contributed by atoms with Crippen LogP contribution >= 0.6 is 0 Å². The molecule has 7 heteroatoms. The van der Waals surface area contributed by atoms with E-state index in [1.807, 2.05) is 0 Å². The Bertz CT molecular complexity index is 240. The van der Waals surface area contributed by atoms with Crippen LogP contribution in [0, 0.1) is 0 Å². The average molecular weight is 208 g/mol. The summed E-state index contributed by atoms with van der Waals surface area (Å²) in [7, 11) is 0. The van der Waals surface area contributed by atoms with Crippen LogP contribution in [0.4, 0.5) is 13.2 Å². The molecule has 4 nitrogen and oxygen atoms in total. The van der Waals surface area contributed by atoms with Crippen molar-refractivity contribution >= 4 is 6.34 Å². The highest BCUT2D eigenvalue weighted by Gasteiger charge is 2.36. The van der Waals surface area contributed by atoms with Crippen molar-refractivity contribution in [1.82, 2.24) is 15.6 Å². The summed E-state index contributed by atoms with van der Waals surface area (Å²) in [5.74, 6) is 0. The molecule has 2 rings (SSSR count). The van der Waals surface area contributed by atoms with E-state index in [1.54, 1.807) is 11.2 Å². The molecule has 0 amide bonds. The van der Waals surface area contributed by atoms with E-state index in [4.69, 9.17) is 0 Å². The van der Waals surface area contributed by atoms with Gasteiger partial charge in [0.05, 0.1) is 6.42 Å². The second-order valence-corrected chi connectivity index (χ2v) is 3.51. The van der Waals surface area contributed by atoms with Crippen LogP contribution in [0.15, 0.2) is 5.10 Å². The lowest BCUT2D eigenvalue weighted by Gasteiger charge is -2.35. The second-order valence-electron chi connectivity index (χ2n) is 3.51. The van der Waals surface area contributed by atoms with E-state index < -0.39 is 18.6 Å². The average Bonchev–Trinajstić information content (AvgIpc) is 2.47. The van der Waals surface area contributed by atoms with Gasteiger partial charge in [0.25, 0.3) is 0 Å². The lowest BCUT2D eigenvalue weighted by molar-refractivity contribution is -0.142. The summed E-state index contributed by atoms with van der Waals surface area (Å²) in [5, 5.41) is 6.63. The van der Waals surface area contributed by atoms with E-state index in [0.29, 0.717) is 13.1 Å². The molecule has 2 N–H and O–H groups in total. The van der Waals surface area contributed by atoms with Crippen LogP contribution in [-0.4, -0.2) is 42.7 Å². The number of hydrogen-bond acceptors (Lipinski definition) is 4. The van der Waals surface area contributed by atoms with Crippen molar-refractivity contribution in [1.29, 1.82) is 0 Å². The SMILES string of the molecule is FC(F)(F)CC1CN2C=NNC2CN1. The number of hydrazone groups is 1. The predicted octanol–water partition coefficient (Wildman–Crippen LogP) is 0.0852. The first kappa shape index (κ1) is 9.57. The maximum atomic E-state index is 12.1. The van der Waals surface area contributed by atoms with Gasteiger partial charge in [0.15, 0.2) is 0 Å². The maximum Gasteiger partial charge on any atom is 0.390 e. The van der Waals surface area contributed by atoms with Gasteiger partial charge in [-0.15, -0.1) is 0 Å². The zero-order valence-electron chi connectivity index (χ0n) is 7.38. The van der Waals surface area contributed by atoms with Gasteiger partial charge in [-0.25, -0.2) is 0 Å². The second kappa shape index (κ2) is 3.30. The Labute approximate surface area is 79.1 Å². The van der Waals surface area contributed by atoms with Crippen LogP contribution in [0.1, 0.15) is 6.42 Å². The van der Waals surface area contributed by atoms with Crippen molar-refractivity contribution < 1.29 is 13.2 Å². The van der Waals surface area contributed by atoms with E-state index in [9.17, 15) is 13.2 Å². The molecule has 0 radical (unpaired) electrons. The minimum absolute atomic E-state index is 0.0134. The summed E-state index contributed by atoms with van der Waals surface area (Å²) in [5.41, 5.74) is 2.79. The van der Waals surface area contributed by atoms with E-state index in [2.05, 4.69) is 15.8 Å². The number of fused-ring (bicyclic) bond motifs is 1. The minimum Gasteiger partial charge on any atom is -0.337 e. The normalized spacial score (nSPS) is 31.5. The summed E-state index contributed by atoms with van der Waals surface area (Å²) in [6, 6.07) is -0.530. The molecule has 2 aliphatic rings. The third-order valence-electron chi connectivity index (χ3n) is 2.34. The standard InChI is InChI=1S/C7H11F3N4/c8-7(9,10)1-5-3-14-4-12-13-6(14)2-11-5/h4-6,11,13H,1-3H2. The fourth-order valence-electron chi connectivity index (χ4n) is 1.70. The van der Waals surface area contributed by atoms with Crippen molar-refractivity contribution in [2.75, 3.05) is 13.1 Å². The summed E-state index contributed by atoms with van der Waals surface area (Å²) in [6.45, 7) is 0.835. The van der Waals surface area contributed by atoms with E-state index in [0.717, 1.165) is 0 Å². The Morgan fingerprint density at radius 3 is 3.00 bits per heavy atom. The van der Waals surface area contributed by atoms with Gasteiger partial charge in [0.1, 0.15) is 12.5 Å². The molecule has 0 aromatic carbocycles. The Morgan fingerprint density at radius 2 is 2.29 bits per heavy atom. The Balaban J connectivity index is 1.88. The highest BCUT2D eigenvalue weighted by molar-refractivity contribution is 5.57. The highest BCUT2D eigenvalue weighted by atomic mass is 19.4. The number of nitrogens with one attached hydrogen (secondary N) is 2. The zero-order chi connectivity index (χ0) is 10.2. The fourth-order valence-corrected chi connectivity index (χ4v) is 1.70. The summed E-state index contributed by atoms with van der Waals surface area (Å²) < 4.78 is 36.2. The first-order valence-electron chi connectivity index (χ1n) is 4.39. The van der Waals surface area contributed by atoms with E-state index >= 15 is 0 Å². The van der Waals surface area contributed by atoms with Gasteiger partial charge in [0.2, 0.25) is 0 Å². The first-order valence-corrected chi connectivity index (χ1v) is 4.39. The van der Waals surface area contributed by atoms with Crippen molar-refractivity contribution in [3.05, 3.63) is 0 Å². The molecule has 0 saturated carbocycles. The molecule has 14 heavy (non-hydrogen) atoms. The molecule has 80 valence electrons. The van der Waals surface area contributed by atoms with Crippen molar-refractivity contribution in [3.63, 3.8) is 0 Å². The molecule has 0 spiro atoms. The molecule has 0 aliphatic carbocycles. The van der Waals surface area contributed by atoms with Crippen LogP contribution in [0.5, 0.6) is 0 Å². The minimum atomic E-state index is -4.10. The van der Waals surface area contributed by atoms with E-state index in [-0.39, 0.29) is 6.17 Å². The number of halogens is 3. The van der Waals surface area contributed by atoms with Crippen molar-refractivity contribution in [2.24, 2.45) is 5.10 Å². The van der Waals surface area contributed by atoms with Crippen LogP contribution < -0.4 is 10.7 Å². The molecule has 0 bridgehead atoms. The number of nitrogens with zero attached hydrogens (tertiary/aromatic N) is 2. The summed E-state index contributed by atoms with van der Waals surface area (Å²) in [4.78, 5) is 1.78. The quantitative estimate of drug-likeness (QED) is 0.641. The number of piperazine rings is 1. The maximum absolute atomic E-state index is 12.1. The molecule has 2 unspecified atom stereocenters. The lowest BCUT2D eigenvalue weighted by atomic mass is 10.1. The summed E-state index contributed by atoms with van der Waals surface area (Å²) >= 11 is 0. The molecule has 2 heterocycles. The fraction of sp³-hybridized carbons (Fsp3) is 0.857. The largest absolute Gasteiger partial charge is 0.390 e. The molecule has 1 fully saturated rings. The summed E-state index contributed by atoms with van der Waals surface area (Å²) in [6.07, 6.45) is -3.33. The third-order valence-corrected chi connectivity index (χ3v) is 2.34. The van der Waals surface area contributed by atoms with Gasteiger partial charge in [-0.1, -0.05) is 0 Å². The Kier molecular flexibility index (Phi) is 2.26.